The van der Waals surface area contributed by atoms with Crippen molar-refractivity contribution in [2.45, 2.75) is 32.4 Å². The minimum Gasteiger partial charge on any atom is -0.326 e. The normalized spacial score (nSPS) is 14.1. The summed E-state index contributed by atoms with van der Waals surface area (Å²) in [5.74, 6) is 0. The second kappa shape index (κ2) is 6.70. The molecule has 0 aromatic heterocycles. The molecule has 1 aromatic carbocycles. The SMILES string of the molecule is CCC(CC)(N=Cc1ccccc1)O[PH](=O)O. The van der Waals surface area contributed by atoms with Crippen molar-refractivity contribution < 1.29 is 14.0 Å². The van der Waals surface area contributed by atoms with Crippen molar-refractivity contribution in [2.75, 3.05) is 0 Å². The van der Waals surface area contributed by atoms with Gasteiger partial charge in [-0.15, -0.1) is 0 Å². The van der Waals surface area contributed by atoms with E-state index in [1.807, 2.05) is 44.2 Å². The summed E-state index contributed by atoms with van der Waals surface area (Å²) >= 11 is 0. The highest BCUT2D eigenvalue weighted by Crippen LogP contribution is 2.32. The van der Waals surface area contributed by atoms with E-state index in [0.717, 1.165) is 5.56 Å². The average Bonchev–Trinajstić information content (AvgIpc) is 2.35. The molecule has 1 atom stereocenters. The molecule has 0 aliphatic carbocycles. The highest BCUT2D eigenvalue weighted by atomic mass is 31.1. The van der Waals surface area contributed by atoms with Gasteiger partial charge in [-0.25, -0.2) is 0 Å². The van der Waals surface area contributed by atoms with Crippen LogP contribution in [0, 0.1) is 0 Å². The molecule has 1 rings (SSSR count). The Kier molecular flexibility index (Phi) is 5.56. The molecule has 17 heavy (non-hydrogen) atoms. The molecule has 1 unspecified atom stereocenters. The fraction of sp³-hybridized carbons (Fsp3) is 0.417. The van der Waals surface area contributed by atoms with Gasteiger partial charge in [-0.05, 0) is 18.4 Å². The van der Waals surface area contributed by atoms with Crippen LogP contribution in [0.1, 0.15) is 32.3 Å². The van der Waals surface area contributed by atoms with Gasteiger partial charge in [0, 0.05) is 6.21 Å². The summed E-state index contributed by atoms with van der Waals surface area (Å²) in [7, 11) is -2.98. The lowest BCUT2D eigenvalue weighted by Crippen LogP contribution is -2.26. The minimum absolute atomic E-state index is 0.559. The van der Waals surface area contributed by atoms with Gasteiger partial charge in [-0.2, -0.15) is 0 Å². The van der Waals surface area contributed by atoms with Gasteiger partial charge in [0.05, 0.1) is 0 Å². The predicted octanol–water partition coefficient (Wildman–Crippen LogP) is 3.02. The first-order valence-electron chi connectivity index (χ1n) is 5.64. The molecule has 1 N–H and O–H groups in total. The van der Waals surface area contributed by atoms with E-state index in [-0.39, 0.29) is 0 Å². The van der Waals surface area contributed by atoms with E-state index in [2.05, 4.69) is 4.99 Å². The van der Waals surface area contributed by atoms with Crippen LogP contribution in [0.5, 0.6) is 0 Å². The summed E-state index contributed by atoms with van der Waals surface area (Å²) in [6, 6.07) is 9.59. The van der Waals surface area contributed by atoms with Crippen LogP contribution < -0.4 is 0 Å². The van der Waals surface area contributed by atoms with Gasteiger partial charge in [0.1, 0.15) is 0 Å². The van der Waals surface area contributed by atoms with E-state index in [4.69, 9.17) is 9.42 Å². The average molecular weight is 255 g/mol. The molecule has 0 saturated carbocycles. The highest BCUT2D eigenvalue weighted by Gasteiger charge is 2.27. The second-order valence-electron chi connectivity index (χ2n) is 3.69. The third kappa shape index (κ3) is 4.43. The Morgan fingerprint density at radius 2 is 1.94 bits per heavy atom. The Morgan fingerprint density at radius 1 is 1.35 bits per heavy atom. The van der Waals surface area contributed by atoms with E-state index >= 15 is 0 Å². The summed E-state index contributed by atoms with van der Waals surface area (Å²) in [4.78, 5) is 13.2. The smallest absolute Gasteiger partial charge is 0.318 e. The van der Waals surface area contributed by atoms with Crippen LogP contribution in [-0.2, 0) is 9.09 Å². The Hall–Kier alpha value is -0.960. The molecule has 1 aromatic rings. The van der Waals surface area contributed by atoms with E-state index in [0.29, 0.717) is 12.8 Å². The van der Waals surface area contributed by atoms with Crippen LogP contribution in [0.4, 0.5) is 0 Å². The lowest BCUT2D eigenvalue weighted by atomic mass is 10.1. The Bertz CT molecular complexity index is 388. The number of aliphatic imine (C=N–C) groups is 1. The third-order valence-electron chi connectivity index (χ3n) is 2.63. The molecule has 0 aliphatic heterocycles. The van der Waals surface area contributed by atoms with Crippen LogP contribution in [0.3, 0.4) is 0 Å². The van der Waals surface area contributed by atoms with Crippen LogP contribution in [0.25, 0.3) is 0 Å². The zero-order valence-electron chi connectivity index (χ0n) is 10.1. The standard InChI is InChI=1S/C12H18NO3P/c1-3-12(4-2,16-17(14)15)13-10-11-8-6-5-7-9-11/h5-10,17H,3-4H2,1-2H3,(H,14,15). The Morgan fingerprint density at radius 3 is 2.41 bits per heavy atom. The topological polar surface area (TPSA) is 58.9 Å². The van der Waals surface area contributed by atoms with Crippen molar-refractivity contribution in [1.29, 1.82) is 0 Å². The van der Waals surface area contributed by atoms with E-state index in [9.17, 15) is 4.57 Å². The first-order valence-corrected chi connectivity index (χ1v) is 6.90. The monoisotopic (exact) mass is 255 g/mol. The van der Waals surface area contributed by atoms with Crippen molar-refractivity contribution in [2.24, 2.45) is 4.99 Å². The number of hydrogen-bond acceptors (Lipinski definition) is 3. The molecule has 94 valence electrons. The molecular weight excluding hydrogens is 237 g/mol. The van der Waals surface area contributed by atoms with Crippen LogP contribution in [-0.4, -0.2) is 16.8 Å². The molecule has 0 heterocycles. The molecule has 4 nitrogen and oxygen atoms in total. The molecule has 0 spiro atoms. The Labute approximate surface area is 102 Å². The van der Waals surface area contributed by atoms with Gasteiger partial charge in [-0.1, -0.05) is 44.2 Å². The van der Waals surface area contributed by atoms with Gasteiger partial charge in [0.25, 0.3) is 0 Å². The van der Waals surface area contributed by atoms with Crippen molar-refractivity contribution in [3.8, 4) is 0 Å². The summed E-state index contributed by atoms with van der Waals surface area (Å²) in [6.45, 7) is 3.77. The third-order valence-corrected chi connectivity index (χ3v) is 3.19. The lowest BCUT2D eigenvalue weighted by molar-refractivity contribution is 0.0665. The van der Waals surface area contributed by atoms with Crippen molar-refractivity contribution in [3.63, 3.8) is 0 Å². The maximum atomic E-state index is 10.8. The van der Waals surface area contributed by atoms with Crippen molar-refractivity contribution in [3.05, 3.63) is 35.9 Å². The van der Waals surface area contributed by atoms with E-state index in [1.165, 1.54) is 0 Å². The largest absolute Gasteiger partial charge is 0.326 e. The van der Waals surface area contributed by atoms with Crippen LogP contribution >= 0.6 is 8.25 Å². The summed E-state index contributed by atoms with van der Waals surface area (Å²) in [5.41, 5.74) is 0.0562. The van der Waals surface area contributed by atoms with Gasteiger partial charge in [0.15, 0.2) is 5.72 Å². The molecular formula is C12H18NO3P. The molecule has 0 saturated heterocycles. The second-order valence-corrected chi connectivity index (χ2v) is 4.43. The number of benzene rings is 1. The molecule has 0 fully saturated rings. The molecule has 0 radical (unpaired) electrons. The van der Waals surface area contributed by atoms with Crippen molar-refractivity contribution >= 4 is 14.5 Å². The van der Waals surface area contributed by atoms with Gasteiger partial charge < -0.3 is 4.89 Å². The summed E-state index contributed by atoms with van der Waals surface area (Å²) in [6.07, 6.45) is 2.80. The first kappa shape index (κ1) is 14.1. The van der Waals surface area contributed by atoms with Crippen LogP contribution in [0.2, 0.25) is 0 Å². The zero-order chi connectivity index (χ0) is 12.7. The summed E-state index contributed by atoms with van der Waals surface area (Å²) < 4.78 is 15.9. The highest BCUT2D eigenvalue weighted by molar-refractivity contribution is 7.32. The molecule has 0 aliphatic rings. The number of hydrogen-bond donors (Lipinski definition) is 1. The molecule has 5 heteroatoms. The van der Waals surface area contributed by atoms with Crippen LogP contribution in [0.15, 0.2) is 35.3 Å². The van der Waals surface area contributed by atoms with Crippen molar-refractivity contribution in [1.82, 2.24) is 0 Å². The zero-order valence-corrected chi connectivity index (χ0v) is 11.1. The van der Waals surface area contributed by atoms with Gasteiger partial charge >= 0.3 is 8.25 Å². The number of nitrogens with zero attached hydrogens (tertiary/aromatic N) is 1. The molecule has 0 amide bonds. The quantitative estimate of drug-likeness (QED) is 0.628. The predicted molar refractivity (Wildman–Crippen MR) is 69.7 cm³/mol. The summed E-state index contributed by atoms with van der Waals surface area (Å²) in [5, 5.41) is 0. The van der Waals surface area contributed by atoms with Gasteiger partial charge in [0.2, 0.25) is 0 Å². The van der Waals surface area contributed by atoms with Gasteiger partial charge in [-0.3, -0.25) is 14.1 Å². The Balaban J connectivity index is 2.86. The first-order chi connectivity index (χ1) is 8.12. The fourth-order valence-corrected chi connectivity index (χ4v) is 2.16. The lowest BCUT2D eigenvalue weighted by Gasteiger charge is -2.25. The maximum absolute atomic E-state index is 10.8. The minimum atomic E-state index is -2.98. The number of rotatable bonds is 6. The van der Waals surface area contributed by atoms with E-state index in [1.54, 1.807) is 6.21 Å². The maximum Gasteiger partial charge on any atom is 0.318 e. The van der Waals surface area contributed by atoms with E-state index < -0.39 is 14.0 Å². The molecule has 0 bridgehead atoms. The fourth-order valence-electron chi connectivity index (χ4n) is 1.50.